The van der Waals surface area contributed by atoms with Crippen molar-refractivity contribution in [2.24, 2.45) is 5.92 Å². The summed E-state index contributed by atoms with van der Waals surface area (Å²) in [6.07, 6.45) is 6.55. The third kappa shape index (κ3) is 3.86. The standard InChI is InChI=1S/C20H26O4/c1-12(11-21)5-4-6-13(2)16-8-7-14(3)19-17(16)9-15(20(23)24)10-18(19)22/h5,9-11,13-14,16,22H,4,6-8H2,1-3H3,(H,23,24)/b12-5+/t13-,14+,16-/m0/s1. The first-order valence-corrected chi connectivity index (χ1v) is 8.57. The average Bonchev–Trinajstić information content (AvgIpc) is 2.54. The monoisotopic (exact) mass is 330 g/mol. The minimum atomic E-state index is -1.01. The van der Waals surface area contributed by atoms with Gasteiger partial charge in [-0.2, -0.15) is 0 Å². The number of benzene rings is 1. The van der Waals surface area contributed by atoms with Crippen molar-refractivity contribution >= 4 is 12.3 Å². The zero-order valence-corrected chi connectivity index (χ0v) is 14.6. The maximum absolute atomic E-state index is 11.3. The lowest BCUT2D eigenvalue weighted by atomic mass is 9.71. The fraction of sp³-hybridized carbons (Fsp3) is 0.500. The predicted octanol–water partition coefficient (Wildman–Crippen LogP) is 4.63. The van der Waals surface area contributed by atoms with Gasteiger partial charge in [-0.3, -0.25) is 4.79 Å². The molecular weight excluding hydrogens is 304 g/mol. The number of hydrogen-bond donors (Lipinski definition) is 2. The van der Waals surface area contributed by atoms with E-state index in [1.54, 1.807) is 13.0 Å². The van der Waals surface area contributed by atoms with Crippen molar-refractivity contribution in [1.29, 1.82) is 0 Å². The highest BCUT2D eigenvalue weighted by Crippen LogP contribution is 2.47. The second-order valence-electron chi connectivity index (χ2n) is 7.01. The van der Waals surface area contributed by atoms with E-state index in [4.69, 9.17) is 0 Å². The van der Waals surface area contributed by atoms with Gasteiger partial charge in [0, 0.05) is 5.56 Å². The van der Waals surface area contributed by atoms with Crippen LogP contribution in [0.2, 0.25) is 0 Å². The summed E-state index contributed by atoms with van der Waals surface area (Å²) in [5.74, 6) is -0.0708. The molecule has 4 nitrogen and oxygen atoms in total. The van der Waals surface area contributed by atoms with Gasteiger partial charge in [0.15, 0.2) is 0 Å². The number of aromatic carboxylic acids is 1. The van der Waals surface area contributed by atoms with Crippen LogP contribution in [0.4, 0.5) is 0 Å². The number of phenols is 1. The van der Waals surface area contributed by atoms with Crippen LogP contribution < -0.4 is 0 Å². The maximum atomic E-state index is 11.3. The second-order valence-corrected chi connectivity index (χ2v) is 7.01. The molecule has 0 aromatic heterocycles. The van der Waals surface area contributed by atoms with Gasteiger partial charge >= 0.3 is 5.97 Å². The molecule has 2 rings (SSSR count). The number of fused-ring (bicyclic) bond motifs is 1. The minimum absolute atomic E-state index is 0.103. The molecule has 130 valence electrons. The molecule has 1 aromatic carbocycles. The molecule has 0 aliphatic heterocycles. The molecule has 0 spiro atoms. The summed E-state index contributed by atoms with van der Waals surface area (Å²) in [6, 6.07) is 3.10. The largest absolute Gasteiger partial charge is 0.508 e. The van der Waals surface area contributed by atoms with Gasteiger partial charge in [0.2, 0.25) is 0 Å². The number of allylic oxidation sites excluding steroid dienone is 2. The van der Waals surface area contributed by atoms with Crippen molar-refractivity contribution in [3.05, 3.63) is 40.5 Å². The predicted molar refractivity (Wildman–Crippen MR) is 93.7 cm³/mol. The van der Waals surface area contributed by atoms with Crippen LogP contribution >= 0.6 is 0 Å². The molecule has 4 heteroatoms. The van der Waals surface area contributed by atoms with Crippen LogP contribution in [0.25, 0.3) is 0 Å². The number of carboxylic acids is 1. The Morgan fingerprint density at radius 2 is 2.08 bits per heavy atom. The van der Waals surface area contributed by atoms with Gasteiger partial charge in [0.05, 0.1) is 5.56 Å². The molecule has 0 unspecified atom stereocenters. The van der Waals surface area contributed by atoms with Gasteiger partial charge in [-0.05, 0) is 73.6 Å². The van der Waals surface area contributed by atoms with Crippen molar-refractivity contribution in [1.82, 2.24) is 0 Å². The Hall–Kier alpha value is -2.10. The molecule has 0 saturated carbocycles. The quantitative estimate of drug-likeness (QED) is 0.589. The lowest BCUT2D eigenvalue weighted by Gasteiger charge is -2.34. The fourth-order valence-electron chi connectivity index (χ4n) is 3.77. The number of carbonyl (C=O) groups excluding carboxylic acids is 1. The highest BCUT2D eigenvalue weighted by Gasteiger charge is 2.31. The van der Waals surface area contributed by atoms with E-state index >= 15 is 0 Å². The molecule has 1 aliphatic carbocycles. The van der Waals surface area contributed by atoms with Crippen LogP contribution in [0.1, 0.15) is 79.8 Å². The van der Waals surface area contributed by atoms with Crippen LogP contribution in [0.5, 0.6) is 5.75 Å². The smallest absolute Gasteiger partial charge is 0.335 e. The Morgan fingerprint density at radius 1 is 1.38 bits per heavy atom. The Bertz CT molecular complexity index is 660. The van der Waals surface area contributed by atoms with E-state index in [9.17, 15) is 19.8 Å². The molecule has 1 aliphatic rings. The number of phenolic OH excluding ortho intramolecular Hbond substituents is 1. The first-order valence-electron chi connectivity index (χ1n) is 8.57. The maximum Gasteiger partial charge on any atom is 0.335 e. The van der Waals surface area contributed by atoms with Crippen LogP contribution in [-0.4, -0.2) is 22.5 Å². The van der Waals surface area contributed by atoms with Gasteiger partial charge in [0.25, 0.3) is 0 Å². The number of rotatable bonds is 6. The summed E-state index contributed by atoms with van der Waals surface area (Å²) in [5.41, 5.74) is 2.78. The highest BCUT2D eigenvalue weighted by molar-refractivity contribution is 5.88. The Kier molecular flexibility index (Phi) is 5.81. The number of carbonyl (C=O) groups is 2. The fourth-order valence-corrected chi connectivity index (χ4v) is 3.77. The molecule has 2 N–H and O–H groups in total. The lowest BCUT2D eigenvalue weighted by Crippen LogP contribution is -2.19. The van der Waals surface area contributed by atoms with Crippen molar-refractivity contribution < 1.29 is 19.8 Å². The van der Waals surface area contributed by atoms with Crippen molar-refractivity contribution in [3.63, 3.8) is 0 Å². The molecule has 1 aromatic rings. The van der Waals surface area contributed by atoms with E-state index in [-0.39, 0.29) is 23.1 Å². The number of carboxylic acid groups (broad SMARTS) is 1. The summed E-state index contributed by atoms with van der Waals surface area (Å²) in [7, 11) is 0. The molecule has 0 amide bonds. The molecule has 0 radical (unpaired) electrons. The highest BCUT2D eigenvalue weighted by atomic mass is 16.4. The summed E-state index contributed by atoms with van der Waals surface area (Å²) in [4.78, 5) is 22.0. The zero-order chi connectivity index (χ0) is 17.9. The third-order valence-electron chi connectivity index (χ3n) is 5.20. The number of aldehydes is 1. The number of hydrogen-bond acceptors (Lipinski definition) is 3. The topological polar surface area (TPSA) is 74.6 Å². The van der Waals surface area contributed by atoms with E-state index in [1.165, 1.54) is 6.07 Å². The first kappa shape index (κ1) is 18.2. The summed E-state index contributed by atoms with van der Waals surface area (Å²) >= 11 is 0. The van der Waals surface area contributed by atoms with Gasteiger partial charge in [0.1, 0.15) is 12.0 Å². The molecule has 0 saturated heterocycles. The summed E-state index contributed by atoms with van der Waals surface area (Å²) in [5, 5.41) is 19.6. The van der Waals surface area contributed by atoms with Crippen molar-refractivity contribution in [3.8, 4) is 5.75 Å². The molecule has 0 fully saturated rings. The molecule has 0 bridgehead atoms. The number of aromatic hydroxyl groups is 1. The molecular formula is C20H26O4. The van der Waals surface area contributed by atoms with E-state index < -0.39 is 5.97 Å². The summed E-state index contributed by atoms with van der Waals surface area (Å²) < 4.78 is 0. The minimum Gasteiger partial charge on any atom is -0.508 e. The SMILES string of the molecule is C/C(C=O)=C\CC[C@H](C)[C@@H]1CC[C@@H](C)c2c(O)cc(C(=O)O)cc21. The second kappa shape index (κ2) is 7.65. The van der Waals surface area contributed by atoms with Gasteiger partial charge in [-0.15, -0.1) is 0 Å². The average molecular weight is 330 g/mol. The normalized spacial score (nSPS) is 21.9. The van der Waals surface area contributed by atoms with Crippen molar-refractivity contribution in [2.75, 3.05) is 0 Å². The van der Waals surface area contributed by atoms with Crippen LogP contribution in [0.15, 0.2) is 23.8 Å². The van der Waals surface area contributed by atoms with Gasteiger partial charge in [-0.25, -0.2) is 4.79 Å². The van der Waals surface area contributed by atoms with E-state index in [1.807, 2.05) is 6.08 Å². The van der Waals surface area contributed by atoms with E-state index in [0.29, 0.717) is 5.92 Å². The Morgan fingerprint density at radius 3 is 2.71 bits per heavy atom. The molecule has 24 heavy (non-hydrogen) atoms. The lowest BCUT2D eigenvalue weighted by molar-refractivity contribution is -0.104. The van der Waals surface area contributed by atoms with Crippen molar-refractivity contribution in [2.45, 2.75) is 58.3 Å². The first-order chi connectivity index (χ1) is 11.3. The van der Waals surface area contributed by atoms with Crippen LogP contribution in [0.3, 0.4) is 0 Å². The Balaban J connectivity index is 2.29. The van der Waals surface area contributed by atoms with Gasteiger partial charge < -0.3 is 10.2 Å². The van der Waals surface area contributed by atoms with Crippen LogP contribution in [-0.2, 0) is 4.79 Å². The van der Waals surface area contributed by atoms with Gasteiger partial charge in [-0.1, -0.05) is 19.9 Å². The zero-order valence-electron chi connectivity index (χ0n) is 14.6. The Labute approximate surface area is 143 Å². The van der Waals surface area contributed by atoms with Crippen LogP contribution in [0, 0.1) is 5.92 Å². The molecule has 0 heterocycles. The van der Waals surface area contributed by atoms with E-state index in [0.717, 1.165) is 48.7 Å². The third-order valence-corrected chi connectivity index (χ3v) is 5.20. The molecule has 3 atom stereocenters. The summed E-state index contributed by atoms with van der Waals surface area (Å²) in [6.45, 7) is 6.04. The van der Waals surface area contributed by atoms with E-state index in [2.05, 4.69) is 13.8 Å².